The van der Waals surface area contributed by atoms with Gasteiger partial charge in [0.25, 0.3) is 0 Å². The van der Waals surface area contributed by atoms with Crippen LogP contribution in [0.1, 0.15) is 58.6 Å². The van der Waals surface area contributed by atoms with Gasteiger partial charge in [-0.1, -0.05) is 31.2 Å². The second-order valence-electron chi connectivity index (χ2n) is 10.4. The van der Waals surface area contributed by atoms with E-state index in [0.29, 0.717) is 18.9 Å². The van der Waals surface area contributed by atoms with Gasteiger partial charge in [-0.3, -0.25) is 4.79 Å². The normalized spacial score (nSPS) is 23.7. The van der Waals surface area contributed by atoms with Crippen LogP contribution in [0.3, 0.4) is 0 Å². The summed E-state index contributed by atoms with van der Waals surface area (Å²) in [7, 11) is 1.29. The number of hydrogen-bond acceptors (Lipinski definition) is 8. The standard InChI is InChI=1S/C28H41NO6S/c1-8-27(18-28(9-2,36-20-27)24(30)35-26(4,5)6)19-29-23(22-14-16-33-17-22)13-12-21(3)11-10-15-34-25(31)32-7/h8-11,14,16-17,21,23,29H,1-2,12-13,15,18-20H2,3-7H3/b11-10+/t21-,23-,27-,28+/m0/s1. The molecule has 8 heteroatoms. The van der Waals surface area contributed by atoms with Gasteiger partial charge in [0, 0.05) is 29.3 Å². The average molecular weight is 520 g/mol. The van der Waals surface area contributed by atoms with Crippen molar-refractivity contribution < 1.29 is 28.2 Å². The van der Waals surface area contributed by atoms with Crippen molar-refractivity contribution in [1.82, 2.24) is 5.32 Å². The molecule has 1 fully saturated rings. The molecule has 0 aromatic carbocycles. The summed E-state index contributed by atoms with van der Waals surface area (Å²) in [6.45, 7) is 16.7. The van der Waals surface area contributed by atoms with Crippen molar-refractivity contribution in [2.45, 2.75) is 63.3 Å². The Morgan fingerprint density at radius 2 is 2.03 bits per heavy atom. The van der Waals surface area contributed by atoms with Gasteiger partial charge in [0.05, 0.1) is 19.6 Å². The zero-order chi connectivity index (χ0) is 26.8. The van der Waals surface area contributed by atoms with E-state index in [2.05, 4.69) is 30.1 Å². The number of thioether (sulfide) groups is 1. The van der Waals surface area contributed by atoms with Crippen molar-refractivity contribution in [3.63, 3.8) is 0 Å². The first-order valence-corrected chi connectivity index (χ1v) is 13.2. The molecule has 0 unspecified atom stereocenters. The lowest BCUT2D eigenvalue weighted by Gasteiger charge is -2.32. The van der Waals surface area contributed by atoms with Crippen LogP contribution in [0.4, 0.5) is 4.79 Å². The monoisotopic (exact) mass is 519 g/mol. The topological polar surface area (TPSA) is 87.0 Å². The van der Waals surface area contributed by atoms with Gasteiger partial charge in [0.15, 0.2) is 0 Å². The Morgan fingerprint density at radius 1 is 1.28 bits per heavy atom. The number of ether oxygens (including phenoxy) is 3. The van der Waals surface area contributed by atoms with Crippen molar-refractivity contribution in [1.29, 1.82) is 0 Å². The van der Waals surface area contributed by atoms with E-state index in [1.165, 1.54) is 7.11 Å². The van der Waals surface area contributed by atoms with Gasteiger partial charge in [0.1, 0.15) is 17.0 Å². The van der Waals surface area contributed by atoms with E-state index in [9.17, 15) is 9.59 Å². The third kappa shape index (κ3) is 8.59. The van der Waals surface area contributed by atoms with Gasteiger partial charge in [-0.05, 0) is 52.0 Å². The lowest BCUT2D eigenvalue weighted by molar-refractivity contribution is -0.156. The molecule has 0 amide bonds. The molecule has 0 spiro atoms. The Balaban J connectivity index is 2.02. The van der Waals surface area contributed by atoms with E-state index >= 15 is 0 Å². The number of nitrogens with one attached hydrogen (secondary N) is 1. The van der Waals surface area contributed by atoms with Gasteiger partial charge in [-0.25, -0.2) is 4.79 Å². The van der Waals surface area contributed by atoms with Gasteiger partial charge in [-0.15, -0.1) is 24.9 Å². The molecule has 1 N–H and O–H groups in total. The Hall–Kier alpha value is -2.45. The molecule has 0 radical (unpaired) electrons. The fraction of sp³-hybridized carbons (Fsp3) is 0.571. The highest BCUT2D eigenvalue weighted by atomic mass is 32.2. The molecule has 36 heavy (non-hydrogen) atoms. The summed E-state index contributed by atoms with van der Waals surface area (Å²) in [6, 6.07) is 2.05. The molecule has 0 bridgehead atoms. The van der Waals surface area contributed by atoms with Crippen molar-refractivity contribution in [2.75, 3.05) is 26.0 Å². The van der Waals surface area contributed by atoms with Crippen LogP contribution in [0.15, 0.2) is 60.5 Å². The highest BCUT2D eigenvalue weighted by Crippen LogP contribution is 2.51. The van der Waals surface area contributed by atoms with Gasteiger partial charge < -0.3 is 23.9 Å². The van der Waals surface area contributed by atoms with Crippen LogP contribution in [0.25, 0.3) is 0 Å². The van der Waals surface area contributed by atoms with Crippen LogP contribution in [-0.2, 0) is 19.0 Å². The smallest absolute Gasteiger partial charge is 0.472 e. The number of hydrogen-bond donors (Lipinski definition) is 1. The summed E-state index contributed by atoms with van der Waals surface area (Å²) in [5.74, 6) is 0.784. The van der Waals surface area contributed by atoms with E-state index in [1.54, 1.807) is 30.4 Å². The minimum absolute atomic E-state index is 0.0769. The molecule has 7 nitrogen and oxygen atoms in total. The van der Waals surface area contributed by atoms with Crippen LogP contribution in [0.2, 0.25) is 0 Å². The number of esters is 1. The predicted molar refractivity (Wildman–Crippen MR) is 144 cm³/mol. The Kier molecular flexibility index (Phi) is 10.9. The molecule has 1 aliphatic rings. The van der Waals surface area contributed by atoms with E-state index < -0.39 is 16.5 Å². The van der Waals surface area contributed by atoms with Crippen LogP contribution in [-0.4, -0.2) is 48.5 Å². The summed E-state index contributed by atoms with van der Waals surface area (Å²) in [5.41, 5.74) is 0.232. The highest BCUT2D eigenvalue weighted by molar-refractivity contribution is 8.01. The molecule has 0 aliphatic carbocycles. The Morgan fingerprint density at radius 3 is 2.61 bits per heavy atom. The van der Waals surface area contributed by atoms with Crippen molar-refractivity contribution in [2.24, 2.45) is 11.3 Å². The Labute approximate surface area is 219 Å². The fourth-order valence-electron chi connectivity index (χ4n) is 4.10. The minimum atomic E-state index is -0.792. The first kappa shape index (κ1) is 29.8. The van der Waals surface area contributed by atoms with Crippen molar-refractivity contribution >= 4 is 23.9 Å². The minimum Gasteiger partial charge on any atom is -0.472 e. The third-order valence-electron chi connectivity index (χ3n) is 6.22. The number of carbonyl (C=O) groups excluding carboxylic acids is 2. The lowest BCUT2D eigenvalue weighted by atomic mass is 9.80. The SMILES string of the molecule is C=C[C@]1(CN[C@@H](CC[C@@H](C)/C=C/COC(=O)OC)c2ccoc2)CS[C@@](C=C)(C(=O)OC(C)(C)C)C1. The maximum atomic E-state index is 13.1. The predicted octanol–water partition coefficient (Wildman–Crippen LogP) is 6.24. The molecule has 1 aliphatic heterocycles. The molecule has 0 saturated carbocycles. The quantitative estimate of drug-likeness (QED) is 0.242. The molecule has 4 atom stereocenters. The fourth-order valence-corrected chi connectivity index (χ4v) is 5.63. The van der Waals surface area contributed by atoms with E-state index in [1.807, 2.05) is 45.1 Å². The zero-order valence-electron chi connectivity index (χ0n) is 22.2. The molecule has 2 rings (SSSR count). The highest BCUT2D eigenvalue weighted by Gasteiger charge is 2.52. The van der Waals surface area contributed by atoms with E-state index in [4.69, 9.17) is 13.9 Å². The zero-order valence-corrected chi connectivity index (χ0v) is 23.0. The van der Waals surface area contributed by atoms with Crippen LogP contribution < -0.4 is 5.32 Å². The second kappa shape index (κ2) is 13.2. The molecule has 1 aromatic heterocycles. The molecule has 1 saturated heterocycles. The molecule has 200 valence electrons. The first-order chi connectivity index (χ1) is 17.0. The molecule has 2 heterocycles. The average Bonchev–Trinajstić information content (AvgIpc) is 3.50. The van der Waals surface area contributed by atoms with E-state index in [-0.39, 0.29) is 24.0 Å². The summed E-state index contributed by atoms with van der Waals surface area (Å²) in [4.78, 5) is 24.1. The number of methoxy groups -OCH3 is 1. The third-order valence-corrected chi connectivity index (χ3v) is 7.94. The molecular formula is C28H41NO6S. The van der Waals surface area contributed by atoms with Gasteiger partial charge >= 0.3 is 12.1 Å². The summed E-state index contributed by atoms with van der Waals surface area (Å²) < 4.78 is 19.6. The van der Waals surface area contributed by atoms with Gasteiger partial charge in [-0.2, -0.15) is 0 Å². The largest absolute Gasteiger partial charge is 0.508 e. The molecule has 1 aromatic rings. The van der Waals surface area contributed by atoms with Crippen LogP contribution >= 0.6 is 11.8 Å². The van der Waals surface area contributed by atoms with Crippen molar-refractivity contribution in [3.05, 3.63) is 61.6 Å². The number of furan rings is 1. The lowest BCUT2D eigenvalue weighted by Crippen LogP contribution is -2.41. The van der Waals surface area contributed by atoms with Crippen molar-refractivity contribution in [3.8, 4) is 0 Å². The number of rotatable bonds is 13. The summed E-state index contributed by atoms with van der Waals surface area (Å²) in [6.07, 6.45) is 12.7. The first-order valence-electron chi connectivity index (χ1n) is 12.3. The van der Waals surface area contributed by atoms with E-state index in [0.717, 1.165) is 24.2 Å². The molecular weight excluding hydrogens is 478 g/mol. The Bertz CT molecular complexity index is 906. The second-order valence-corrected chi connectivity index (χ2v) is 11.7. The number of allylic oxidation sites excluding steroid dienone is 1. The maximum Gasteiger partial charge on any atom is 0.508 e. The summed E-state index contributed by atoms with van der Waals surface area (Å²) >= 11 is 1.58. The van der Waals surface area contributed by atoms with Gasteiger partial charge in [0.2, 0.25) is 0 Å². The van der Waals surface area contributed by atoms with Crippen LogP contribution in [0.5, 0.6) is 0 Å². The number of carbonyl (C=O) groups is 2. The van der Waals surface area contributed by atoms with Crippen LogP contribution in [0, 0.1) is 11.3 Å². The summed E-state index contributed by atoms with van der Waals surface area (Å²) in [5, 5.41) is 3.71. The maximum absolute atomic E-state index is 13.1.